The van der Waals surface area contributed by atoms with E-state index in [0.717, 1.165) is 5.56 Å². The fourth-order valence-corrected chi connectivity index (χ4v) is 0.833. The summed E-state index contributed by atoms with van der Waals surface area (Å²) in [6.45, 7) is 0.172. The number of ketones is 1. The van der Waals surface area contributed by atoms with Gasteiger partial charge in [-0.3, -0.25) is 4.79 Å². The lowest BCUT2D eigenvalue weighted by molar-refractivity contribution is -0.121. The van der Waals surface area contributed by atoms with Gasteiger partial charge in [0, 0.05) is 13.5 Å². The third kappa shape index (κ3) is 2.55. The number of carbonyl (C=O) groups excluding carboxylic acids is 1. The summed E-state index contributed by atoms with van der Waals surface area (Å²) in [6.07, 6.45) is 3.51. The van der Waals surface area contributed by atoms with Gasteiger partial charge in [0.15, 0.2) is 5.78 Å². The highest BCUT2D eigenvalue weighted by molar-refractivity contribution is 5.81. The summed E-state index contributed by atoms with van der Waals surface area (Å²) in [7, 11) is 1.51. The van der Waals surface area contributed by atoms with Gasteiger partial charge in [-0.1, -0.05) is 0 Å². The predicted molar refractivity (Wildman–Crippen MR) is 39.3 cm³/mol. The van der Waals surface area contributed by atoms with Gasteiger partial charge in [-0.15, -0.1) is 0 Å². The van der Waals surface area contributed by atoms with Crippen molar-refractivity contribution in [3.05, 3.63) is 24.2 Å². The van der Waals surface area contributed by atoms with Gasteiger partial charge in [-0.25, -0.2) is 0 Å². The Labute approximate surface area is 65.0 Å². The van der Waals surface area contributed by atoms with E-state index in [1.54, 1.807) is 18.6 Å². The van der Waals surface area contributed by atoms with E-state index < -0.39 is 0 Å². The molecule has 0 aliphatic rings. The maximum Gasteiger partial charge on any atom is 0.162 e. The maximum atomic E-state index is 10.9. The topological polar surface area (TPSA) is 39.4 Å². The molecule has 0 bridgehead atoms. The van der Waals surface area contributed by atoms with Crippen molar-refractivity contribution in [2.24, 2.45) is 0 Å². The second-order valence-electron chi connectivity index (χ2n) is 2.28. The molecule has 0 N–H and O–H groups in total. The van der Waals surface area contributed by atoms with Crippen LogP contribution in [0.2, 0.25) is 0 Å². The zero-order valence-corrected chi connectivity index (χ0v) is 6.37. The summed E-state index contributed by atoms with van der Waals surface area (Å²) in [6, 6.07) is 1.77. The molecule has 0 unspecified atom stereocenters. The summed E-state index contributed by atoms with van der Waals surface area (Å²) < 4.78 is 9.47. The first-order valence-corrected chi connectivity index (χ1v) is 3.34. The van der Waals surface area contributed by atoms with Crippen LogP contribution in [0.1, 0.15) is 5.56 Å². The van der Waals surface area contributed by atoms with E-state index >= 15 is 0 Å². The lowest BCUT2D eigenvalue weighted by Crippen LogP contribution is -2.08. The van der Waals surface area contributed by atoms with E-state index in [9.17, 15) is 4.79 Å². The zero-order chi connectivity index (χ0) is 8.10. The average molecular weight is 154 g/mol. The number of carbonyl (C=O) groups is 1. The van der Waals surface area contributed by atoms with Crippen molar-refractivity contribution in [1.82, 2.24) is 0 Å². The Kier molecular flexibility index (Phi) is 2.86. The number of hydrogen-bond donors (Lipinski definition) is 0. The average Bonchev–Trinajstić information content (AvgIpc) is 2.40. The summed E-state index contributed by atoms with van der Waals surface area (Å²) in [4.78, 5) is 10.9. The minimum absolute atomic E-state index is 0.0638. The monoisotopic (exact) mass is 154 g/mol. The van der Waals surface area contributed by atoms with Gasteiger partial charge in [0.05, 0.1) is 12.5 Å². The van der Waals surface area contributed by atoms with Crippen LogP contribution < -0.4 is 0 Å². The Morgan fingerprint density at radius 2 is 2.55 bits per heavy atom. The molecule has 0 amide bonds. The van der Waals surface area contributed by atoms with E-state index in [-0.39, 0.29) is 12.4 Å². The molecule has 1 heterocycles. The number of Topliss-reactive ketones (excluding diaryl/α,β-unsaturated/α-hetero) is 1. The molecule has 1 aromatic heterocycles. The molecule has 0 saturated heterocycles. The van der Waals surface area contributed by atoms with Crippen LogP contribution in [0, 0.1) is 0 Å². The van der Waals surface area contributed by atoms with Crippen molar-refractivity contribution >= 4 is 5.78 Å². The highest BCUT2D eigenvalue weighted by atomic mass is 16.5. The third-order valence-electron chi connectivity index (χ3n) is 1.29. The van der Waals surface area contributed by atoms with E-state index in [0.29, 0.717) is 6.42 Å². The molecule has 3 heteroatoms. The highest BCUT2D eigenvalue weighted by Gasteiger charge is 2.02. The van der Waals surface area contributed by atoms with E-state index in [2.05, 4.69) is 4.74 Å². The number of ether oxygens (including phenoxy) is 1. The van der Waals surface area contributed by atoms with Gasteiger partial charge in [0.2, 0.25) is 0 Å². The van der Waals surface area contributed by atoms with Gasteiger partial charge in [-0.05, 0) is 11.6 Å². The largest absolute Gasteiger partial charge is 0.472 e. The summed E-state index contributed by atoms with van der Waals surface area (Å²) >= 11 is 0. The molecule has 1 rings (SSSR count). The molecular weight excluding hydrogens is 144 g/mol. The summed E-state index contributed by atoms with van der Waals surface area (Å²) in [5.41, 5.74) is 0.895. The minimum Gasteiger partial charge on any atom is -0.472 e. The van der Waals surface area contributed by atoms with Crippen molar-refractivity contribution in [2.45, 2.75) is 6.42 Å². The minimum atomic E-state index is 0.0638. The number of furan rings is 1. The zero-order valence-electron chi connectivity index (χ0n) is 6.37. The van der Waals surface area contributed by atoms with Gasteiger partial charge < -0.3 is 9.15 Å². The molecule has 0 aliphatic heterocycles. The SMILES string of the molecule is COCC(=O)Cc1ccoc1. The van der Waals surface area contributed by atoms with Crippen molar-refractivity contribution < 1.29 is 13.9 Å². The molecular formula is C8H10O3. The molecule has 3 nitrogen and oxygen atoms in total. The fourth-order valence-electron chi connectivity index (χ4n) is 0.833. The van der Waals surface area contributed by atoms with Gasteiger partial charge in [0.1, 0.15) is 6.61 Å². The Bertz CT molecular complexity index is 213. The van der Waals surface area contributed by atoms with Crippen LogP contribution in [0.4, 0.5) is 0 Å². The fraction of sp³-hybridized carbons (Fsp3) is 0.375. The van der Waals surface area contributed by atoms with Crippen molar-refractivity contribution in [3.8, 4) is 0 Å². The molecule has 0 aliphatic carbocycles. The third-order valence-corrected chi connectivity index (χ3v) is 1.29. The first kappa shape index (κ1) is 8.01. The van der Waals surface area contributed by atoms with Crippen molar-refractivity contribution in [3.63, 3.8) is 0 Å². The Morgan fingerprint density at radius 3 is 3.09 bits per heavy atom. The number of hydrogen-bond acceptors (Lipinski definition) is 3. The number of methoxy groups -OCH3 is 1. The van der Waals surface area contributed by atoms with Crippen LogP contribution in [0.25, 0.3) is 0 Å². The second kappa shape index (κ2) is 3.93. The Hall–Kier alpha value is -1.09. The smallest absolute Gasteiger partial charge is 0.162 e. The molecule has 0 spiro atoms. The van der Waals surface area contributed by atoms with Crippen LogP contribution in [0.15, 0.2) is 23.0 Å². The molecule has 11 heavy (non-hydrogen) atoms. The molecule has 0 saturated carbocycles. The van der Waals surface area contributed by atoms with E-state index in [1.165, 1.54) is 7.11 Å². The number of rotatable bonds is 4. The van der Waals surface area contributed by atoms with Gasteiger partial charge in [0.25, 0.3) is 0 Å². The van der Waals surface area contributed by atoms with Gasteiger partial charge >= 0.3 is 0 Å². The molecule has 0 radical (unpaired) electrons. The van der Waals surface area contributed by atoms with Gasteiger partial charge in [-0.2, -0.15) is 0 Å². The van der Waals surface area contributed by atoms with E-state index in [4.69, 9.17) is 4.42 Å². The van der Waals surface area contributed by atoms with Crippen LogP contribution in [0.5, 0.6) is 0 Å². The predicted octanol–water partition coefficient (Wildman–Crippen LogP) is 1.04. The van der Waals surface area contributed by atoms with Crippen LogP contribution in [-0.2, 0) is 16.0 Å². The van der Waals surface area contributed by atoms with Crippen molar-refractivity contribution in [2.75, 3.05) is 13.7 Å². The quantitative estimate of drug-likeness (QED) is 0.650. The first-order chi connectivity index (χ1) is 5.33. The lowest BCUT2D eigenvalue weighted by atomic mass is 10.2. The summed E-state index contributed by atoms with van der Waals surface area (Å²) in [5, 5.41) is 0. The Balaban J connectivity index is 2.37. The Morgan fingerprint density at radius 1 is 1.73 bits per heavy atom. The lowest BCUT2D eigenvalue weighted by Gasteiger charge is -1.94. The molecule has 0 aromatic carbocycles. The molecule has 0 fully saturated rings. The molecule has 0 atom stereocenters. The van der Waals surface area contributed by atoms with Crippen LogP contribution in [0.3, 0.4) is 0 Å². The molecule has 60 valence electrons. The van der Waals surface area contributed by atoms with Crippen molar-refractivity contribution in [1.29, 1.82) is 0 Å². The van der Waals surface area contributed by atoms with Crippen LogP contribution in [-0.4, -0.2) is 19.5 Å². The first-order valence-electron chi connectivity index (χ1n) is 3.34. The maximum absolute atomic E-state index is 10.9. The standard InChI is InChI=1S/C8H10O3/c1-10-6-8(9)4-7-2-3-11-5-7/h2-3,5H,4,6H2,1H3. The van der Waals surface area contributed by atoms with Crippen LogP contribution >= 0.6 is 0 Å². The summed E-state index contributed by atoms with van der Waals surface area (Å²) in [5.74, 6) is 0.0638. The molecule has 1 aromatic rings. The van der Waals surface area contributed by atoms with E-state index in [1.807, 2.05) is 0 Å². The normalized spacial score (nSPS) is 9.91. The second-order valence-corrected chi connectivity index (χ2v) is 2.28. The highest BCUT2D eigenvalue weighted by Crippen LogP contribution is 2.00.